The Morgan fingerprint density at radius 3 is 2.50 bits per heavy atom. The first-order chi connectivity index (χ1) is 22.9. The molecular formula is C34H45ClN6O6S. The van der Waals surface area contributed by atoms with E-state index in [4.69, 9.17) is 21.1 Å². The van der Waals surface area contributed by atoms with Gasteiger partial charge in [-0.05, 0) is 100 Å². The molecule has 3 fully saturated rings. The number of piperazine rings is 1. The number of sulfonamides is 1. The zero-order valence-corrected chi connectivity index (χ0v) is 29.3. The number of nitrogens with one attached hydrogen (secondary N) is 1. The smallest absolute Gasteiger partial charge is 0.410 e. The summed E-state index contributed by atoms with van der Waals surface area (Å²) >= 11 is 6.17. The SMILES string of the molecule is CC(C)(C)OC(=O)N1C[C@H](CCc2ccccc2NC(=O)[C@@H](N=[N+]=[N-])[C@@H](c2ccc(Cl)cc2)C2CCOCC2)N2C[C@H]1CCCS2(=O)=O. The number of azide groups is 1. The van der Waals surface area contributed by atoms with Gasteiger partial charge in [0, 0.05) is 59.9 Å². The van der Waals surface area contributed by atoms with Gasteiger partial charge in [-0.15, -0.1) is 0 Å². The van der Waals surface area contributed by atoms with E-state index in [1.54, 1.807) is 27.4 Å². The molecule has 3 heterocycles. The maximum Gasteiger partial charge on any atom is 0.410 e. The number of fused-ring (bicyclic) bond motifs is 2. The van der Waals surface area contributed by atoms with Gasteiger partial charge in [0.1, 0.15) is 11.6 Å². The van der Waals surface area contributed by atoms with Crippen molar-refractivity contribution in [2.75, 3.05) is 37.4 Å². The third kappa shape index (κ3) is 8.81. The molecule has 48 heavy (non-hydrogen) atoms. The Hall–Kier alpha value is -3.35. The van der Waals surface area contributed by atoms with Gasteiger partial charge in [-0.25, -0.2) is 13.2 Å². The third-order valence-electron chi connectivity index (χ3n) is 9.41. The molecule has 1 N–H and O–H groups in total. The maximum absolute atomic E-state index is 14.0. The van der Waals surface area contributed by atoms with Gasteiger partial charge in [0.25, 0.3) is 0 Å². The number of benzene rings is 2. The number of amides is 2. The van der Waals surface area contributed by atoms with Crippen LogP contribution in [0.25, 0.3) is 10.4 Å². The predicted molar refractivity (Wildman–Crippen MR) is 184 cm³/mol. The van der Waals surface area contributed by atoms with E-state index in [-0.39, 0.29) is 30.8 Å². The minimum Gasteiger partial charge on any atom is -0.444 e. The highest BCUT2D eigenvalue weighted by atomic mass is 35.5. The second-order valence-electron chi connectivity index (χ2n) is 13.8. The van der Waals surface area contributed by atoms with Crippen LogP contribution in [-0.4, -0.2) is 85.4 Å². The second kappa shape index (κ2) is 15.5. The number of para-hydroxylation sites is 1. The molecule has 2 amide bonds. The fourth-order valence-corrected chi connectivity index (χ4v) is 9.03. The standard InChI is InChI=1S/C34H45ClN6O6S/c1-34(2,3)47-33(43)40-21-28(41-22-27(40)8-6-20-48(41,44)45)15-12-23-7-4-5-9-29(23)37-32(42)31(38-39-36)30(25-16-18-46-19-17-25)24-10-13-26(35)14-11-24/h4-5,7,9-11,13-14,25,27-28,30-31H,6,8,12,15-22H2,1-3H3,(H,37,42)/t27-,28+,30+,31+/m1/s1. The molecule has 0 saturated carbocycles. The number of hydrogen-bond acceptors (Lipinski definition) is 7. The number of rotatable bonds is 9. The fraction of sp³-hybridized carbons (Fsp3) is 0.588. The Morgan fingerprint density at radius 2 is 1.81 bits per heavy atom. The summed E-state index contributed by atoms with van der Waals surface area (Å²) in [5.41, 5.74) is 11.1. The number of aryl methyl sites for hydroxylation is 1. The average Bonchev–Trinajstić information content (AvgIpc) is 3.17. The van der Waals surface area contributed by atoms with E-state index in [9.17, 15) is 23.5 Å². The molecule has 12 nitrogen and oxygen atoms in total. The van der Waals surface area contributed by atoms with Crippen molar-refractivity contribution < 1.29 is 27.5 Å². The summed E-state index contributed by atoms with van der Waals surface area (Å²) in [6, 6.07) is 12.9. The van der Waals surface area contributed by atoms with E-state index < -0.39 is 45.6 Å². The van der Waals surface area contributed by atoms with Crippen molar-refractivity contribution in [1.82, 2.24) is 9.21 Å². The first-order valence-electron chi connectivity index (χ1n) is 16.6. The molecule has 5 rings (SSSR count). The number of nitrogens with zero attached hydrogens (tertiary/aromatic N) is 5. The maximum atomic E-state index is 14.0. The first-order valence-corrected chi connectivity index (χ1v) is 18.6. The van der Waals surface area contributed by atoms with Crippen molar-refractivity contribution >= 4 is 39.3 Å². The van der Waals surface area contributed by atoms with Crippen LogP contribution in [0.5, 0.6) is 0 Å². The molecule has 0 aromatic heterocycles. The molecule has 5 atom stereocenters. The molecular weight excluding hydrogens is 656 g/mol. The van der Waals surface area contributed by atoms with Crippen molar-refractivity contribution in [2.45, 2.75) is 88.9 Å². The van der Waals surface area contributed by atoms with Crippen LogP contribution < -0.4 is 5.32 Å². The quantitative estimate of drug-likeness (QED) is 0.179. The summed E-state index contributed by atoms with van der Waals surface area (Å²) in [6.45, 7) is 7.01. The predicted octanol–water partition coefficient (Wildman–Crippen LogP) is 6.51. The number of hydrogen-bond donors (Lipinski definition) is 1. The van der Waals surface area contributed by atoms with E-state index in [1.165, 1.54) is 0 Å². The molecule has 3 aliphatic heterocycles. The van der Waals surface area contributed by atoms with Crippen LogP contribution in [0.15, 0.2) is 53.6 Å². The zero-order valence-electron chi connectivity index (χ0n) is 27.8. The summed E-state index contributed by atoms with van der Waals surface area (Å²) in [4.78, 5) is 32.0. The molecule has 2 aromatic rings. The number of ether oxygens (including phenoxy) is 2. The second-order valence-corrected chi connectivity index (χ2v) is 16.3. The lowest BCUT2D eigenvalue weighted by atomic mass is 9.76. The van der Waals surface area contributed by atoms with Crippen molar-refractivity contribution in [2.24, 2.45) is 11.0 Å². The van der Waals surface area contributed by atoms with E-state index in [1.807, 2.05) is 51.1 Å². The summed E-state index contributed by atoms with van der Waals surface area (Å²) in [6.07, 6.45) is 2.93. The Bertz CT molecular complexity index is 1600. The Morgan fingerprint density at radius 1 is 1.10 bits per heavy atom. The van der Waals surface area contributed by atoms with Crippen LogP contribution in [0, 0.1) is 5.92 Å². The molecule has 14 heteroatoms. The number of carbonyl (C=O) groups excluding carboxylic acids is 2. The van der Waals surface area contributed by atoms with Gasteiger partial charge >= 0.3 is 6.09 Å². The van der Waals surface area contributed by atoms with Crippen molar-refractivity contribution in [3.8, 4) is 0 Å². The molecule has 260 valence electrons. The average molecular weight is 701 g/mol. The van der Waals surface area contributed by atoms with E-state index in [0.717, 1.165) is 24.0 Å². The minimum atomic E-state index is -3.50. The zero-order chi connectivity index (χ0) is 34.5. The van der Waals surface area contributed by atoms with Crippen LogP contribution in [0.1, 0.15) is 69.9 Å². The van der Waals surface area contributed by atoms with Gasteiger partial charge < -0.3 is 19.7 Å². The highest BCUT2D eigenvalue weighted by Gasteiger charge is 2.44. The van der Waals surface area contributed by atoms with Crippen molar-refractivity contribution in [1.29, 1.82) is 0 Å². The lowest BCUT2D eigenvalue weighted by Gasteiger charge is -2.44. The van der Waals surface area contributed by atoms with Crippen LogP contribution >= 0.6 is 11.6 Å². The summed E-state index contributed by atoms with van der Waals surface area (Å²) in [7, 11) is -3.50. The molecule has 0 spiro atoms. The molecule has 0 radical (unpaired) electrons. The molecule has 2 aromatic carbocycles. The van der Waals surface area contributed by atoms with E-state index in [0.29, 0.717) is 49.6 Å². The topological polar surface area (TPSA) is 154 Å². The van der Waals surface area contributed by atoms with Gasteiger partial charge in [0.15, 0.2) is 0 Å². The minimum absolute atomic E-state index is 0.0392. The Labute approximate surface area is 287 Å². The highest BCUT2D eigenvalue weighted by molar-refractivity contribution is 7.89. The van der Waals surface area contributed by atoms with E-state index >= 15 is 0 Å². The van der Waals surface area contributed by atoms with Gasteiger partial charge in [-0.3, -0.25) is 4.79 Å². The fourth-order valence-electron chi connectivity index (χ4n) is 7.11. The monoisotopic (exact) mass is 700 g/mol. The lowest BCUT2D eigenvalue weighted by molar-refractivity contribution is -0.118. The Kier molecular flexibility index (Phi) is 11.6. The van der Waals surface area contributed by atoms with Gasteiger partial charge in [0.05, 0.1) is 5.75 Å². The lowest BCUT2D eigenvalue weighted by Crippen LogP contribution is -2.60. The largest absolute Gasteiger partial charge is 0.444 e. The van der Waals surface area contributed by atoms with Crippen LogP contribution in [0.4, 0.5) is 10.5 Å². The van der Waals surface area contributed by atoms with Crippen molar-refractivity contribution in [3.05, 3.63) is 75.1 Å². The summed E-state index contributed by atoms with van der Waals surface area (Å²) < 4.78 is 39.4. The first kappa shape index (κ1) is 35.9. The molecule has 2 bridgehead atoms. The van der Waals surface area contributed by atoms with Crippen molar-refractivity contribution in [3.63, 3.8) is 0 Å². The van der Waals surface area contributed by atoms with Crippen LogP contribution in [-0.2, 0) is 30.7 Å². The van der Waals surface area contributed by atoms with E-state index in [2.05, 4.69) is 15.3 Å². The summed E-state index contributed by atoms with van der Waals surface area (Å²) in [5, 5.41) is 7.62. The van der Waals surface area contributed by atoms with Gasteiger partial charge in [-0.1, -0.05) is 47.0 Å². The third-order valence-corrected chi connectivity index (χ3v) is 11.6. The molecule has 0 aliphatic carbocycles. The molecule has 3 saturated heterocycles. The number of carbonyl (C=O) groups is 2. The molecule has 1 unspecified atom stereocenters. The normalized spacial score (nSPS) is 24.0. The summed E-state index contributed by atoms with van der Waals surface area (Å²) in [5.74, 6) is -0.734. The highest BCUT2D eigenvalue weighted by Crippen LogP contribution is 2.38. The van der Waals surface area contributed by atoms with Crippen LogP contribution in [0.3, 0.4) is 0 Å². The number of halogens is 1. The van der Waals surface area contributed by atoms with Gasteiger partial charge in [0.2, 0.25) is 15.9 Å². The van der Waals surface area contributed by atoms with Crippen LogP contribution in [0.2, 0.25) is 5.02 Å². The number of anilines is 1. The van der Waals surface area contributed by atoms with Gasteiger partial charge in [-0.2, -0.15) is 4.31 Å². The Balaban J connectivity index is 1.37. The molecule has 3 aliphatic rings.